The molecular formula is C23H29NO8S2. The van der Waals surface area contributed by atoms with Gasteiger partial charge in [0.05, 0.1) is 22.4 Å². The molecule has 1 heterocycles. The van der Waals surface area contributed by atoms with Gasteiger partial charge in [-0.25, -0.2) is 8.98 Å². The second-order valence-corrected chi connectivity index (χ2v) is 12.3. The fourth-order valence-electron chi connectivity index (χ4n) is 3.28. The Kier molecular flexibility index (Phi) is 7.42. The molecule has 186 valence electrons. The third kappa shape index (κ3) is 6.56. The zero-order valence-electron chi connectivity index (χ0n) is 19.7. The summed E-state index contributed by atoms with van der Waals surface area (Å²) in [5.74, 6) is 0. The highest BCUT2D eigenvalue weighted by Gasteiger charge is 2.43. The number of hydrogen-bond donors (Lipinski definition) is 0. The molecule has 34 heavy (non-hydrogen) atoms. The molecule has 1 aliphatic rings. The van der Waals surface area contributed by atoms with Gasteiger partial charge < -0.3 is 4.74 Å². The van der Waals surface area contributed by atoms with Crippen LogP contribution in [0.15, 0.2) is 58.3 Å². The maximum absolute atomic E-state index is 12.8. The molecule has 2 aromatic carbocycles. The molecule has 0 saturated carbocycles. The number of rotatable bonds is 6. The molecule has 1 fully saturated rings. The SMILES string of the molecule is Cc1ccc(S(=O)(=O)O[C@@H]2C[C@@H](OS(=O)(=O)c3ccc(C)cc3)N(C(=O)OC(C)(C)C)C2)cc1. The predicted octanol–water partition coefficient (Wildman–Crippen LogP) is 3.75. The number of hydrogen-bond acceptors (Lipinski definition) is 8. The minimum absolute atomic E-state index is 0.0430. The van der Waals surface area contributed by atoms with E-state index in [0.29, 0.717) is 0 Å². The molecule has 3 rings (SSSR count). The van der Waals surface area contributed by atoms with Gasteiger partial charge in [-0.1, -0.05) is 35.4 Å². The van der Waals surface area contributed by atoms with Crippen LogP contribution in [-0.2, 0) is 33.3 Å². The van der Waals surface area contributed by atoms with Crippen molar-refractivity contribution in [2.75, 3.05) is 6.54 Å². The lowest BCUT2D eigenvalue weighted by molar-refractivity contribution is -0.00344. The van der Waals surface area contributed by atoms with Gasteiger partial charge in [0.2, 0.25) is 0 Å². The molecule has 0 radical (unpaired) electrons. The molecule has 1 saturated heterocycles. The second-order valence-electron chi connectivity index (χ2n) is 9.17. The van der Waals surface area contributed by atoms with Crippen LogP contribution >= 0.6 is 0 Å². The lowest BCUT2D eigenvalue weighted by atomic mass is 10.2. The van der Waals surface area contributed by atoms with Crippen molar-refractivity contribution >= 4 is 26.3 Å². The molecule has 0 bridgehead atoms. The molecule has 0 unspecified atom stereocenters. The first-order chi connectivity index (χ1) is 15.7. The first-order valence-corrected chi connectivity index (χ1v) is 13.5. The smallest absolute Gasteiger partial charge is 0.412 e. The van der Waals surface area contributed by atoms with E-state index in [1.54, 1.807) is 45.0 Å². The molecule has 0 N–H and O–H groups in total. The Hall–Kier alpha value is -2.47. The predicted molar refractivity (Wildman–Crippen MR) is 124 cm³/mol. The lowest BCUT2D eigenvalue weighted by Gasteiger charge is -2.27. The molecule has 2 atom stereocenters. The Bertz CT molecular complexity index is 1230. The zero-order chi connectivity index (χ0) is 25.3. The van der Waals surface area contributed by atoms with Crippen LogP contribution in [0.3, 0.4) is 0 Å². The van der Waals surface area contributed by atoms with Gasteiger partial charge >= 0.3 is 6.09 Å². The summed E-state index contributed by atoms with van der Waals surface area (Å²) in [5.41, 5.74) is 0.889. The van der Waals surface area contributed by atoms with Crippen LogP contribution in [0, 0.1) is 13.8 Å². The summed E-state index contributed by atoms with van der Waals surface area (Å²) in [4.78, 5) is 13.7. The number of carbonyl (C=O) groups excluding carboxylic acids is 1. The van der Waals surface area contributed by atoms with E-state index >= 15 is 0 Å². The Morgan fingerprint density at radius 3 is 1.71 bits per heavy atom. The van der Waals surface area contributed by atoms with Crippen molar-refractivity contribution in [3.05, 3.63) is 59.7 Å². The Morgan fingerprint density at radius 1 is 0.824 bits per heavy atom. The summed E-state index contributed by atoms with van der Waals surface area (Å²) in [6.07, 6.45) is -3.36. The summed E-state index contributed by atoms with van der Waals surface area (Å²) < 4.78 is 67.2. The Balaban J connectivity index is 1.84. The number of amides is 1. The number of likely N-dealkylation sites (tertiary alicyclic amines) is 1. The summed E-state index contributed by atoms with van der Waals surface area (Å²) in [6, 6.07) is 12.1. The maximum Gasteiger partial charge on any atom is 0.412 e. The van der Waals surface area contributed by atoms with Crippen molar-refractivity contribution in [3.63, 3.8) is 0 Å². The highest BCUT2D eigenvalue weighted by molar-refractivity contribution is 7.87. The van der Waals surface area contributed by atoms with Crippen LogP contribution < -0.4 is 0 Å². The van der Waals surface area contributed by atoms with E-state index in [1.807, 2.05) is 13.8 Å². The van der Waals surface area contributed by atoms with Crippen molar-refractivity contribution in [2.24, 2.45) is 0 Å². The van der Waals surface area contributed by atoms with Gasteiger partial charge in [-0.2, -0.15) is 16.8 Å². The van der Waals surface area contributed by atoms with Crippen LogP contribution in [0.5, 0.6) is 0 Å². The average Bonchev–Trinajstić information content (AvgIpc) is 3.08. The molecule has 11 heteroatoms. The van der Waals surface area contributed by atoms with E-state index in [4.69, 9.17) is 13.1 Å². The van der Waals surface area contributed by atoms with Gasteiger partial charge in [0.1, 0.15) is 5.60 Å². The van der Waals surface area contributed by atoms with Crippen molar-refractivity contribution in [2.45, 2.75) is 68.8 Å². The van der Waals surface area contributed by atoms with E-state index in [-0.39, 0.29) is 22.8 Å². The summed E-state index contributed by atoms with van der Waals surface area (Å²) in [7, 11) is -8.40. The van der Waals surface area contributed by atoms with Crippen LogP contribution in [-0.4, -0.2) is 52.3 Å². The van der Waals surface area contributed by atoms with Crippen LogP contribution in [0.2, 0.25) is 0 Å². The standard InChI is InChI=1S/C23H29NO8S2/c1-16-6-10-19(11-7-16)33(26,27)31-18-14-21(24(15-18)22(25)30-23(3,4)5)32-34(28,29)20-12-8-17(2)9-13-20/h6-13,18,21H,14-15H2,1-5H3/t18-,21-/m1/s1. The minimum Gasteiger partial charge on any atom is -0.444 e. The van der Waals surface area contributed by atoms with Gasteiger partial charge in [0.15, 0.2) is 6.23 Å². The highest BCUT2D eigenvalue weighted by atomic mass is 32.2. The van der Waals surface area contributed by atoms with Gasteiger partial charge in [-0.05, 0) is 58.9 Å². The van der Waals surface area contributed by atoms with Crippen LogP contribution in [0.25, 0.3) is 0 Å². The first kappa shape index (κ1) is 26.1. The molecule has 0 aromatic heterocycles. The molecule has 0 aliphatic carbocycles. The minimum atomic E-state index is -4.25. The van der Waals surface area contributed by atoms with Crippen molar-refractivity contribution < 1.29 is 34.7 Å². The van der Waals surface area contributed by atoms with E-state index in [2.05, 4.69) is 0 Å². The summed E-state index contributed by atoms with van der Waals surface area (Å²) in [6.45, 7) is 8.40. The van der Waals surface area contributed by atoms with E-state index in [9.17, 15) is 21.6 Å². The molecular weight excluding hydrogens is 482 g/mol. The van der Waals surface area contributed by atoms with Gasteiger partial charge in [0, 0.05) is 6.42 Å². The van der Waals surface area contributed by atoms with Crippen LogP contribution in [0.1, 0.15) is 38.3 Å². The van der Waals surface area contributed by atoms with E-state index < -0.39 is 44.3 Å². The normalized spacial score (nSPS) is 19.3. The third-order valence-electron chi connectivity index (χ3n) is 4.96. The number of carbonyl (C=O) groups is 1. The summed E-state index contributed by atoms with van der Waals surface area (Å²) in [5, 5.41) is 0. The van der Waals surface area contributed by atoms with E-state index in [1.165, 1.54) is 24.3 Å². The molecule has 1 amide bonds. The van der Waals surface area contributed by atoms with Crippen molar-refractivity contribution in [3.8, 4) is 0 Å². The molecule has 0 spiro atoms. The largest absolute Gasteiger partial charge is 0.444 e. The first-order valence-electron chi connectivity index (χ1n) is 10.7. The van der Waals surface area contributed by atoms with Crippen molar-refractivity contribution in [1.29, 1.82) is 0 Å². The van der Waals surface area contributed by atoms with E-state index in [0.717, 1.165) is 16.0 Å². The van der Waals surface area contributed by atoms with Crippen molar-refractivity contribution in [1.82, 2.24) is 4.90 Å². The fourth-order valence-corrected chi connectivity index (χ4v) is 5.42. The zero-order valence-corrected chi connectivity index (χ0v) is 21.4. The maximum atomic E-state index is 12.8. The number of ether oxygens (including phenoxy) is 1. The van der Waals surface area contributed by atoms with Gasteiger partial charge in [-0.15, -0.1) is 0 Å². The lowest BCUT2D eigenvalue weighted by Crippen LogP contribution is -2.42. The second kappa shape index (κ2) is 9.65. The number of benzene rings is 2. The van der Waals surface area contributed by atoms with Gasteiger partial charge in [0.25, 0.3) is 20.2 Å². The topological polar surface area (TPSA) is 116 Å². The van der Waals surface area contributed by atoms with Crippen LogP contribution in [0.4, 0.5) is 4.79 Å². The monoisotopic (exact) mass is 511 g/mol. The fraction of sp³-hybridized carbons (Fsp3) is 0.435. The average molecular weight is 512 g/mol. The third-order valence-corrected chi connectivity index (χ3v) is 7.66. The summed E-state index contributed by atoms with van der Waals surface area (Å²) >= 11 is 0. The molecule has 1 aliphatic heterocycles. The number of aryl methyl sites for hydroxylation is 2. The Morgan fingerprint density at radius 2 is 1.26 bits per heavy atom. The van der Waals surface area contributed by atoms with Gasteiger partial charge in [-0.3, -0.25) is 9.08 Å². The highest BCUT2D eigenvalue weighted by Crippen LogP contribution is 2.29. The molecule has 9 nitrogen and oxygen atoms in total. The quantitative estimate of drug-likeness (QED) is 0.539. The Labute approximate surface area is 200 Å². The molecule has 2 aromatic rings. The number of nitrogens with zero attached hydrogens (tertiary/aromatic N) is 1.